The summed E-state index contributed by atoms with van der Waals surface area (Å²) < 4.78 is 11.2. The predicted molar refractivity (Wildman–Crippen MR) is 100 cm³/mol. The van der Waals surface area contributed by atoms with Crippen LogP contribution in [0.2, 0.25) is 0 Å². The maximum absolute atomic E-state index is 12.3. The fourth-order valence-electron chi connectivity index (χ4n) is 2.33. The van der Waals surface area contributed by atoms with Crippen LogP contribution in [-0.2, 0) is 15.6 Å². The van der Waals surface area contributed by atoms with Crippen molar-refractivity contribution >= 4 is 22.6 Å². The van der Waals surface area contributed by atoms with Crippen LogP contribution in [0.3, 0.4) is 0 Å². The smallest absolute Gasteiger partial charge is 0.268 e. The number of rotatable bonds is 5. The zero-order chi connectivity index (χ0) is 20.4. The van der Waals surface area contributed by atoms with E-state index in [1.165, 1.54) is 17.6 Å². The van der Waals surface area contributed by atoms with E-state index in [9.17, 15) is 18.9 Å². The summed E-state index contributed by atoms with van der Waals surface area (Å²) in [5.41, 5.74) is 0.618. The molecule has 146 valence electrons. The van der Waals surface area contributed by atoms with Crippen LogP contribution in [0.5, 0.6) is 0 Å². The highest BCUT2D eigenvalue weighted by atomic mass is 32.2. The predicted octanol–water partition coefficient (Wildman–Crippen LogP) is -0.680. The van der Waals surface area contributed by atoms with Crippen molar-refractivity contribution in [3.8, 4) is 11.8 Å². The highest BCUT2D eigenvalue weighted by Gasteiger charge is 2.51. The standard InChI is InChI=1S/C16H18N2O6S.C2H4/c19-8-2-1-3-11-4-6-12(7-5-11)14(20)17-13(15(21)18-23)16(22)9-25(24)10-16;1-2/h4-7,13,19,22-23H,2,8-10H2,(H,17,20)(H,18,21);1-2H2. The molecule has 0 radical (unpaired) electrons. The number of hydroxylamine groups is 1. The largest absolute Gasteiger partial charge is 0.395 e. The molecule has 1 aromatic rings. The molecule has 2 amide bonds. The topological polar surface area (TPSA) is 136 Å². The summed E-state index contributed by atoms with van der Waals surface area (Å²) in [5, 5.41) is 30.1. The van der Waals surface area contributed by atoms with E-state index in [-0.39, 0.29) is 23.7 Å². The second-order valence-corrected chi connectivity index (χ2v) is 7.02. The van der Waals surface area contributed by atoms with Gasteiger partial charge in [0.15, 0.2) is 0 Å². The molecule has 1 aromatic carbocycles. The Hall–Kier alpha value is -2.51. The molecule has 2 rings (SSSR count). The molecule has 0 aromatic heterocycles. The summed E-state index contributed by atoms with van der Waals surface area (Å²) in [7, 11) is -1.26. The lowest BCUT2D eigenvalue weighted by molar-refractivity contribution is -0.136. The highest BCUT2D eigenvalue weighted by molar-refractivity contribution is 7.86. The molecule has 27 heavy (non-hydrogen) atoms. The first-order valence-electron chi connectivity index (χ1n) is 7.91. The van der Waals surface area contributed by atoms with Gasteiger partial charge in [-0.2, -0.15) is 0 Å². The second kappa shape index (κ2) is 10.6. The third kappa shape index (κ3) is 6.01. The first-order valence-corrected chi connectivity index (χ1v) is 9.40. The number of hydrogen-bond donors (Lipinski definition) is 5. The van der Waals surface area contributed by atoms with Gasteiger partial charge in [-0.1, -0.05) is 11.8 Å². The van der Waals surface area contributed by atoms with Crippen LogP contribution in [0, 0.1) is 11.8 Å². The first kappa shape index (κ1) is 22.5. The summed E-state index contributed by atoms with van der Waals surface area (Å²) in [6.45, 7) is 5.97. The van der Waals surface area contributed by atoms with Gasteiger partial charge in [-0.05, 0) is 24.3 Å². The van der Waals surface area contributed by atoms with Crippen molar-refractivity contribution in [2.45, 2.75) is 18.1 Å². The average molecular weight is 394 g/mol. The van der Waals surface area contributed by atoms with E-state index in [2.05, 4.69) is 30.3 Å². The Balaban J connectivity index is 0.00000176. The molecule has 1 heterocycles. The maximum atomic E-state index is 12.3. The molecule has 1 aliphatic rings. The second-order valence-electron chi connectivity index (χ2n) is 5.57. The van der Waals surface area contributed by atoms with Crippen LogP contribution in [0.25, 0.3) is 0 Å². The molecular weight excluding hydrogens is 372 g/mol. The average Bonchev–Trinajstić information content (AvgIpc) is 2.66. The quantitative estimate of drug-likeness (QED) is 0.194. The van der Waals surface area contributed by atoms with E-state index in [1.807, 2.05) is 0 Å². The highest BCUT2D eigenvalue weighted by Crippen LogP contribution is 2.24. The minimum atomic E-state index is -1.66. The zero-order valence-electron chi connectivity index (χ0n) is 14.6. The molecular formula is C18H22N2O6S. The van der Waals surface area contributed by atoms with Gasteiger partial charge in [0, 0.05) is 28.3 Å². The van der Waals surface area contributed by atoms with Crippen molar-refractivity contribution < 1.29 is 29.2 Å². The molecule has 0 aliphatic carbocycles. The first-order chi connectivity index (χ1) is 12.9. The van der Waals surface area contributed by atoms with Gasteiger partial charge < -0.3 is 15.5 Å². The Labute approximate surface area is 159 Å². The van der Waals surface area contributed by atoms with Gasteiger partial charge in [0.25, 0.3) is 11.8 Å². The monoisotopic (exact) mass is 394 g/mol. The Morgan fingerprint density at radius 3 is 2.33 bits per heavy atom. The maximum Gasteiger partial charge on any atom is 0.268 e. The summed E-state index contributed by atoms with van der Waals surface area (Å²) >= 11 is 0. The minimum Gasteiger partial charge on any atom is -0.395 e. The van der Waals surface area contributed by atoms with E-state index in [4.69, 9.17) is 10.3 Å². The van der Waals surface area contributed by atoms with Gasteiger partial charge in [-0.3, -0.25) is 19.0 Å². The van der Waals surface area contributed by atoms with E-state index < -0.39 is 34.3 Å². The number of hydrogen-bond acceptors (Lipinski definition) is 6. The number of aliphatic hydroxyl groups excluding tert-OH is 1. The summed E-state index contributed by atoms with van der Waals surface area (Å²) in [6.07, 6.45) is 0.347. The number of nitrogens with one attached hydrogen (secondary N) is 2. The molecule has 8 nitrogen and oxygen atoms in total. The molecule has 1 aliphatic heterocycles. The Morgan fingerprint density at radius 2 is 1.85 bits per heavy atom. The molecule has 9 heteroatoms. The fourth-order valence-corrected chi connectivity index (χ4v) is 3.69. The van der Waals surface area contributed by atoms with Crippen LogP contribution in [0.1, 0.15) is 22.3 Å². The Bertz CT molecular complexity index is 745. The number of amides is 2. The Kier molecular flexibility index (Phi) is 8.84. The van der Waals surface area contributed by atoms with Gasteiger partial charge in [0.2, 0.25) is 0 Å². The van der Waals surface area contributed by atoms with Crippen LogP contribution in [0.4, 0.5) is 0 Å². The third-order valence-corrected chi connectivity index (χ3v) is 5.27. The normalized spacial score (nSPS) is 21.2. The molecule has 1 fully saturated rings. The van der Waals surface area contributed by atoms with Gasteiger partial charge in [-0.25, -0.2) is 5.48 Å². The minimum absolute atomic E-state index is 0.0322. The number of benzene rings is 1. The van der Waals surface area contributed by atoms with Gasteiger partial charge >= 0.3 is 0 Å². The lowest BCUT2D eigenvalue weighted by atomic mass is 9.96. The lowest BCUT2D eigenvalue weighted by Gasteiger charge is -2.40. The number of carbonyl (C=O) groups excluding carboxylic acids is 2. The van der Waals surface area contributed by atoms with Crippen molar-refractivity contribution in [3.63, 3.8) is 0 Å². The van der Waals surface area contributed by atoms with Crippen molar-refractivity contribution in [2.75, 3.05) is 18.1 Å². The van der Waals surface area contributed by atoms with Crippen LogP contribution in [0.15, 0.2) is 37.4 Å². The third-order valence-electron chi connectivity index (χ3n) is 3.62. The molecule has 1 unspecified atom stereocenters. The van der Waals surface area contributed by atoms with E-state index in [1.54, 1.807) is 12.1 Å². The van der Waals surface area contributed by atoms with Crippen molar-refractivity contribution in [2.24, 2.45) is 0 Å². The van der Waals surface area contributed by atoms with Gasteiger partial charge in [0.05, 0.1) is 18.1 Å². The molecule has 0 bridgehead atoms. The van der Waals surface area contributed by atoms with E-state index in [0.29, 0.717) is 12.0 Å². The van der Waals surface area contributed by atoms with Gasteiger partial charge in [0.1, 0.15) is 11.6 Å². The Morgan fingerprint density at radius 1 is 1.26 bits per heavy atom. The lowest BCUT2D eigenvalue weighted by Crippen LogP contribution is -2.69. The van der Waals surface area contributed by atoms with Crippen molar-refractivity contribution in [3.05, 3.63) is 48.6 Å². The number of aliphatic hydroxyl groups is 2. The summed E-state index contributed by atoms with van der Waals surface area (Å²) in [4.78, 5) is 24.0. The van der Waals surface area contributed by atoms with Crippen LogP contribution >= 0.6 is 0 Å². The van der Waals surface area contributed by atoms with E-state index >= 15 is 0 Å². The van der Waals surface area contributed by atoms with Crippen molar-refractivity contribution in [1.29, 1.82) is 0 Å². The summed E-state index contributed by atoms with van der Waals surface area (Å²) in [5.74, 6) is 3.62. The summed E-state index contributed by atoms with van der Waals surface area (Å²) in [6, 6.07) is 4.78. The van der Waals surface area contributed by atoms with Crippen LogP contribution in [-0.4, -0.2) is 61.2 Å². The fraction of sp³-hybridized carbons (Fsp3) is 0.333. The number of carbonyl (C=O) groups is 2. The molecule has 0 spiro atoms. The molecule has 1 atom stereocenters. The molecule has 0 saturated carbocycles. The SMILES string of the molecule is C=C.O=C(NC(C(=O)NO)C1(O)CS(=O)C1)c1ccc(C#CCCO)cc1. The molecule has 5 N–H and O–H groups in total. The van der Waals surface area contributed by atoms with E-state index in [0.717, 1.165) is 0 Å². The molecule has 1 saturated heterocycles. The van der Waals surface area contributed by atoms with Crippen molar-refractivity contribution in [1.82, 2.24) is 10.8 Å². The van der Waals surface area contributed by atoms with Gasteiger partial charge in [-0.15, -0.1) is 13.2 Å². The zero-order valence-corrected chi connectivity index (χ0v) is 15.4. The van der Waals surface area contributed by atoms with Crippen LogP contribution < -0.4 is 10.8 Å².